The molecule has 23 heavy (non-hydrogen) atoms. The molecule has 1 aromatic carbocycles. The zero-order chi connectivity index (χ0) is 15.6. The third kappa shape index (κ3) is 3.19. The molecule has 0 amide bonds. The van der Waals surface area contributed by atoms with Crippen LogP contribution in [-0.2, 0) is 6.42 Å². The van der Waals surface area contributed by atoms with E-state index in [1.165, 1.54) is 29.9 Å². The van der Waals surface area contributed by atoms with Crippen molar-refractivity contribution < 1.29 is 9.13 Å². The molecule has 0 spiro atoms. The van der Waals surface area contributed by atoms with Crippen LogP contribution in [0.2, 0.25) is 0 Å². The van der Waals surface area contributed by atoms with Crippen LogP contribution in [0.5, 0.6) is 5.75 Å². The number of halogens is 1. The molecule has 1 fully saturated rings. The lowest BCUT2D eigenvalue weighted by Crippen LogP contribution is -2.31. The number of nitrogens with zero attached hydrogens (tertiary/aromatic N) is 1. The fraction of sp³-hybridized carbons (Fsp3) is 0.471. The maximum Gasteiger partial charge on any atom is 0.183 e. The lowest BCUT2D eigenvalue weighted by Gasteiger charge is -2.22. The molecule has 0 unspecified atom stereocenters. The Labute approximate surface area is 139 Å². The summed E-state index contributed by atoms with van der Waals surface area (Å²) >= 11 is 1.67. The molecule has 2 aliphatic rings. The van der Waals surface area contributed by atoms with Crippen molar-refractivity contribution in [2.45, 2.75) is 19.3 Å². The summed E-state index contributed by atoms with van der Waals surface area (Å²) in [5, 5.41) is 7.80. The summed E-state index contributed by atoms with van der Waals surface area (Å²) in [5.74, 6) is 1.17. The molecule has 0 atom stereocenters. The third-order valence-corrected chi connectivity index (χ3v) is 5.55. The summed E-state index contributed by atoms with van der Waals surface area (Å²) < 4.78 is 19.3. The topological polar surface area (TPSA) is 46.2 Å². The molecule has 2 aromatic rings. The van der Waals surface area contributed by atoms with Gasteiger partial charge < -0.3 is 15.4 Å². The Morgan fingerprint density at radius 3 is 3.09 bits per heavy atom. The van der Waals surface area contributed by atoms with Crippen molar-refractivity contribution in [2.24, 2.45) is 5.92 Å². The Morgan fingerprint density at radius 1 is 1.35 bits per heavy atom. The molecule has 2 N–H and O–H groups in total. The number of anilines is 1. The minimum absolute atomic E-state index is 0.252. The Bertz CT molecular complexity index is 697. The average molecular weight is 333 g/mol. The van der Waals surface area contributed by atoms with E-state index in [1.54, 1.807) is 17.4 Å². The summed E-state index contributed by atoms with van der Waals surface area (Å²) in [6, 6.07) is 4.66. The van der Waals surface area contributed by atoms with Gasteiger partial charge in [0.05, 0.1) is 12.3 Å². The first-order valence-electron chi connectivity index (χ1n) is 8.16. The van der Waals surface area contributed by atoms with Gasteiger partial charge in [-0.25, -0.2) is 9.37 Å². The highest BCUT2D eigenvalue weighted by Gasteiger charge is 2.21. The normalized spacial score (nSPS) is 17.8. The van der Waals surface area contributed by atoms with Gasteiger partial charge in [0.1, 0.15) is 11.6 Å². The van der Waals surface area contributed by atoms with Gasteiger partial charge in [-0.3, -0.25) is 0 Å². The van der Waals surface area contributed by atoms with Gasteiger partial charge in [0, 0.05) is 23.4 Å². The van der Waals surface area contributed by atoms with Crippen molar-refractivity contribution in [3.8, 4) is 17.0 Å². The molecule has 0 aliphatic carbocycles. The van der Waals surface area contributed by atoms with E-state index in [0.29, 0.717) is 12.5 Å². The Hall–Kier alpha value is -1.66. The standard InChI is InChI=1S/C17H20FN3OS/c18-12-1-2-14-13(9-12)16-15(5-8-22-14)23-17(21-16)20-10-11-3-6-19-7-4-11/h1-2,9,11,19H,3-8,10H2,(H,20,21). The largest absolute Gasteiger partial charge is 0.493 e. The van der Waals surface area contributed by atoms with Gasteiger partial charge in [-0.1, -0.05) is 0 Å². The van der Waals surface area contributed by atoms with E-state index in [1.807, 2.05) is 0 Å². The Morgan fingerprint density at radius 2 is 2.22 bits per heavy atom. The highest BCUT2D eigenvalue weighted by molar-refractivity contribution is 7.16. The highest BCUT2D eigenvalue weighted by atomic mass is 32.1. The fourth-order valence-corrected chi connectivity index (χ4v) is 4.16. The number of hydrogen-bond acceptors (Lipinski definition) is 5. The number of ether oxygens (including phenoxy) is 1. The van der Waals surface area contributed by atoms with Crippen LogP contribution < -0.4 is 15.4 Å². The monoisotopic (exact) mass is 333 g/mol. The van der Waals surface area contributed by atoms with Gasteiger partial charge in [0.25, 0.3) is 0 Å². The van der Waals surface area contributed by atoms with Crippen molar-refractivity contribution >= 4 is 16.5 Å². The van der Waals surface area contributed by atoms with E-state index in [-0.39, 0.29) is 5.82 Å². The zero-order valence-electron chi connectivity index (χ0n) is 12.9. The van der Waals surface area contributed by atoms with Gasteiger partial charge >= 0.3 is 0 Å². The first kappa shape index (κ1) is 14.9. The van der Waals surface area contributed by atoms with Gasteiger partial charge in [-0.2, -0.15) is 0 Å². The second kappa shape index (κ2) is 6.45. The lowest BCUT2D eigenvalue weighted by molar-refractivity contribution is 0.327. The van der Waals surface area contributed by atoms with Crippen LogP contribution in [0.25, 0.3) is 11.3 Å². The van der Waals surface area contributed by atoms with Crippen LogP contribution in [0.3, 0.4) is 0 Å². The first-order chi connectivity index (χ1) is 11.3. The van der Waals surface area contributed by atoms with Gasteiger partial charge in [-0.05, 0) is 50.0 Å². The van der Waals surface area contributed by atoms with Crippen LogP contribution in [0.15, 0.2) is 18.2 Å². The number of thiazole rings is 1. The minimum Gasteiger partial charge on any atom is -0.493 e. The van der Waals surface area contributed by atoms with E-state index in [2.05, 4.69) is 10.6 Å². The number of nitrogens with one attached hydrogen (secondary N) is 2. The molecule has 122 valence electrons. The van der Waals surface area contributed by atoms with Crippen LogP contribution >= 0.6 is 11.3 Å². The molecule has 0 bridgehead atoms. The number of aromatic nitrogens is 1. The summed E-state index contributed by atoms with van der Waals surface area (Å²) in [4.78, 5) is 5.89. The molecule has 2 aliphatic heterocycles. The predicted octanol–water partition coefficient (Wildman–Crippen LogP) is 3.30. The minimum atomic E-state index is -0.252. The van der Waals surface area contributed by atoms with Crippen molar-refractivity contribution in [1.29, 1.82) is 0 Å². The average Bonchev–Trinajstić information content (AvgIpc) is 2.91. The molecule has 1 saturated heterocycles. The second-order valence-electron chi connectivity index (χ2n) is 6.10. The smallest absolute Gasteiger partial charge is 0.183 e. The van der Waals surface area contributed by atoms with Gasteiger partial charge in [0.15, 0.2) is 5.13 Å². The third-order valence-electron chi connectivity index (χ3n) is 4.48. The van der Waals surface area contributed by atoms with Crippen molar-refractivity contribution in [1.82, 2.24) is 10.3 Å². The van der Waals surface area contributed by atoms with E-state index in [9.17, 15) is 4.39 Å². The SMILES string of the molecule is Fc1ccc2c(c1)-c1nc(NCC3CCNCC3)sc1CCO2. The molecule has 4 nitrogen and oxygen atoms in total. The van der Waals surface area contributed by atoms with Gasteiger partial charge in [-0.15, -0.1) is 11.3 Å². The van der Waals surface area contributed by atoms with Crippen molar-refractivity contribution in [2.75, 3.05) is 31.6 Å². The van der Waals surface area contributed by atoms with Crippen molar-refractivity contribution in [3.05, 3.63) is 28.9 Å². The lowest BCUT2D eigenvalue weighted by atomic mass is 9.98. The molecule has 4 rings (SSSR count). The van der Waals surface area contributed by atoms with Crippen LogP contribution in [0.1, 0.15) is 17.7 Å². The molecule has 3 heterocycles. The number of fused-ring (bicyclic) bond motifs is 3. The maximum absolute atomic E-state index is 13.6. The van der Waals surface area contributed by atoms with Crippen LogP contribution in [0.4, 0.5) is 9.52 Å². The summed E-state index contributed by atoms with van der Waals surface area (Å²) in [7, 11) is 0. The summed E-state index contributed by atoms with van der Waals surface area (Å²) in [6.45, 7) is 3.78. The highest BCUT2D eigenvalue weighted by Crippen LogP contribution is 2.39. The first-order valence-corrected chi connectivity index (χ1v) is 8.98. The maximum atomic E-state index is 13.6. The number of rotatable bonds is 3. The Kier molecular flexibility index (Phi) is 4.18. The number of benzene rings is 1. The van der Waals surface area contributed by atoms with Crippen LogP contribution in [-0.4, -0.2) is 31.2 Å². The summed E-state index contributed by atoms with van der Waals surface area (Å²) in [5.41, 5.74) is 1.64. The van der Waals surface area contributed by atoms with E-state index >= 15 is 0 Å². The van der Waals surface area contributed by atoms with E-state index in [0.717, 1.165) is 48.2 Å². The molecular weight excluding hydrogens is 313 g/mol. The molecular formula is C17H20FN3OS. The predicted molar refractivity (Wildman–Crippen MR) is 90.8 cm³/mol. The molecule has 0 radical (unpaired) electrons. The number of hydrogen-bond donors (Lipinski definition) is 2. The van der Waals surface area contributed by atoms with E-state index < -0.39 is 0 Å². The summed E-state index contributed by atoms with van der Waals surface area (Å²) in [6.07, 6.45) is 3.23. The quantitative estimate of drug-likeness (QED) is 0.905. The Balaban J connectivity index is 1.56. The van der Waals surface area contributed by atoms with Crippen molar-refractivity contribution in [3.63, 3.8) is 0 Å². The van der Waals surface area contributed by atoms with Crippen LogP contribution in [0, 0.1) is 11.7 Å². The second-order valence-corrected chi connectivity index (χ2v) is 7.19. The van der Waals surface area contributed by atoms with Gasteiger partial charge in [0.2, 0.25) is 0 Å². The fourth-order valence-electron chi connectivity index (χ4n) is 3.19. The molecule has 6 heteroatoms. The van der Waals surface area contributed by atoms with E-state index in [4.69, 9.17) is 9.72 Å². The zero-order valence-corrected chi connectivity index (χ0v) is 13.7. The molecule has 0 saturated carbocycles. The molecule has 1 aromatic heterocycles. The number of piperidine rings is 1.